The van der Waals surface area contributed by atoms with Gasteiger partial charge in [0.1, 0.15) is 5.69 Å². The Bertz CT molecular complexity index is 511. The summed E-state index contributed by atoms with van der Waals surface area (Å²) in [4.78, 5) is 0. The number of aryl methyl sites for hydroxylation is 1. The first-order chi connectivity index (χ1) is 6.91. The van der Waals surface area contributed by atoms with E-state index in [9.17, 15) is 13.2 Å². The van der Waals surface area contributed by atoms with Crippen LogP contribution in [0.15, 0.2) is 24.3 Å². The number of nitrogen functional groups attached to an aromatic ring is 1. The molecule has 0 fully saturated rings. The zero-order valence-electron chi connectivity index (χ0n) is 7.97. The molecule has 1 heterocycles. The molecule has 2 nitrogen and oxygen atoms in total. The zero-order chi connectivity index (χ0) is 11.2. The minimum absolute atomic E-state index is 0.360. The summed E-state index contributed by atoms with van der Waals surface area (Å²) in [6, 6.07) is 5.91. The Morgan fingerprint density at radius 1 is 1.27 bits per heavy atom. The fourth-order valence-electron chi connectivity index (χ4n) is 1.66. The number of aromatic nitrogens is 1. The lowest BCUT2D eigenvalue weighted by Crippen LogP contribution is -2.10. The normalized spacial score (nSPS) is 12.3. The first-order valence-corrected chi connectivity index (χ1v) is 4.32. The van der Waals surface area contributed by atoms with Crippen molar-refractivity contribution in [2.45, 2.75) is 6.18 Å². The highest BCUT2D eigenvalue weighted by molar-refractivity contribution is 5.92. The lowest BCUT2D eigenvalue weighted by Gasteiger charge is -2.07. The molecule has 2 N–H and O–H groups in total. The Morgan fingerprint density at radius 3 is 2.47 bits per heavy atom. The predicted octanol–water partition coefficient (Wildman–Crippen LogP) is 2.78. The van der Waals surface area contributed by atoms with Gasteiger partial charge in [-0.3, -0.25) is 0 Å². The second-order valence-corrected chi connectivity index (χ2v) is 3.37. The average molecular weight is 214 g/mol. The maximum atomic E-state index is 12.6. The van der Waals surface area contributed by atoms with Crippen LogP contribution >= 0.6 is 0 Å². The van der Waals surface area contributed by atoms with Crippen LogP contribution in [0.5, 0.6) is 0 Å². The first kappa shape index (κ1) is 9.89. The van der Waals surface area contributed by atoms with E-state index in [2.05, 4.69) is 0 Å². The Balaban J connectivity index is 2.81. The summed E-state index contributed by atoms with van der Waals surface area (Å²) in [6.07, 6.45) is -4.35. The van der Waals surface area contributed by atoms with Crippen LogP contribution in [-0.4, -0.2) is 4.57 Å². The summed E-state index contributed by atoms with van der Waals surface area (Å²) < 4.78 is 38.8. The van der Waals surface area contributed by atoms with Gasteiger partial charge >= 0.3 is 6.18 Å². The molecular formula is C10H9F3N2. The highest BCUT2D eigenvalue weighted by Gasteiger charge is 2.34. The van der Waals surface area contributed by atoms with Crippen LogP contribution in [0.25, 0.3) is 10.9 Å². The van der Waals surface area contributed by atoms with Gasteiger partial charge in [-0.25, -0.2) is 0 Å². The van der Waals surface area contributed by atoms with Crippen molar-refractivity contribution in [2.24, 2.45) is 7.05 Å². The van der Waals surface area contributed by atoms with E-state index in [-0.39, 0.29) is 0 Å². The SMILES string of the molecule is Cn1c(C(F)(F)F)cc2c(N)cccc21. The van der Waals surface area contributed by atoms with Gasteiger partial charge in [0.05, 0.1) is 5.52 Å². The Morgan fingerprint density at radius 2 is 1.93 bits per heavy atom. The second kappa shape index (κ2) is 2.92. The fraction of sp³-hybridized carbons (Fsp3) is 0.200. The van der Waals surface area contributed by atoms with Gasteiger partial charge in [-0.05, 0) is 18.2 Å². The van der Waals surface area contributed by atoms with Crippen molar-refractivity contribution < 1.29 is 13.2 Å². The number of rotatable bonds is 0. The van der Waals surface area contributed by atoms with Gasteiger partial charge in [-0.2, -0.15) is 13.2 Å². The van der Waals surface area contributed by atoms with Crippen molar-refractivity contribution in [1.82, 2.24) is 4.57 Å². The van der Waals surface area contributed by atoms with E-state index in [1.54, 1.807) is 18.2 Å². The molecule has 0 bridgehead atoms. The van der Waals surface area contributed by atoms with Gasteiger partial charge in [-0.1, -0.05) is 6.07 Å². The summed E-state index contributed by atoms with van der Waals surface area (Å²) >= 11 is 0. The maximum absolute atomic E-state index is 12.6. The van der Waals surface area contributed by atoms with Crippen molar-refractivity contribution in [3.8, 4) is 0 Å². The number of fused-ring (bicyclic) bond motifs is 1. The van der Waals surface area contributed by atoms with Crippen LogP contribution in [0.1, 0.15) is 5.69 Å². The van der Waals surface area contributed by atoms with E-state index < -0.39 is 11.9 Å². The highest BCUT2D eigenvalue weighted by atomic mass is 19.4. The summed E-state index contributed by atoms with van der Waals surface area (Å²) in [5.41, 5.74) is 5.76. The van der Waals surface area contributed by atoms with Crippen LogP contribution < -0.4 is 5.73 Å². The molecule has 1 aromatic heterocycles. The van der Waals surface area contributed by atoms with Gasteiger partial charge in [-0.15, -0.1) is 0 Å². The van der Waals surface area contributed by atoms with Gasteiger partial charge < -0.3 is 10.3 Å². The summed E-state index contributed by atoms with van der Waals surface area (Å²) in [5.74, 6) is 0. The number of halogens is 3. The lowest BCUT2D eigenvalue weighted by atomic mass is 10.2. The van der Waals surface area contributed by atoms with Crippen molar-refractivity contribution in [1.29, 1.82) is 0 Å². The zero-order valence-corrected chi connectivity index (χ0v) is 7.97. The van der Waals surface area contributed by atoms with Crippen LogP contribution in [-0.2, 0) is 13.2 Å². The lowest BCUT2D eigenvalue weighted by molar-refractivity contribution is -0.142. The molecular weight excluding hydrogens is 205 g/mol. The highest BCUT2D eigenvalue weighted by Crippen LogP contribution is 2.34. The molecule has 0 aliphatic carbocycles. The number of anilines is 1. The number of hydrogen-bond donors (Lipinski definition) is 1. The topological polar surface area (TPSA) is 30.9 Å². The Labute approximate surface area is 84.1 Å². The predicted molar refractivity (Wildman–Crippen MR) is 52.3 cm³/mol. The third kappa shape index (κ3) is 1.44. The number of hydrogen-bond acceptors (Lipinski definition) is 1. The van der Waals surface area contributed by atoms with Gasteiger partial charge in [0.25, 0.3) is 0 Å². The van der Waals surface area contributed by atoms with Gasteiger partial charge in [0, 0.05) is 18.1 Å². The van der Waals surface area contributed by atoms with E-state index >= 15 is 0 Å². The monoisotopic (exact) mass is 214 g/mol. The molecule has 2 rings (SSSR count). The van der Waals surface area contributed by atoms with Crippen LogP contribution in [0.2, 0.25) is 0 Å². The molecule has 0 spiro atoms. The number of nitrogens with two attached hydrogens (primary N) is 1. The molecule has 1 aromatic carbocycles. The molecule has 0 radical (unpaired) electrons. The number of benzene rings is 1. The average Bonchev–Trinajstić information content (AvgIpc) is 2.45. The summed E-state index contributed by atoms with van der Waals surface area (Å²) in [7, 11) is 1.38. The minimum Gasteiger partial charge on any atom is -0.398 e. The molecule has 0 saturated heterocycles. The minimum atomic E-state index is -4.35. The standard InChI is InChI=1S/C10H9F3N2/c1-15-8-4-2-3-7(14)6(8)5-9(15)10(11,12)13/h2-5H,14H2,1H3. The third-order valence-electron chi connectivity index (χ3n) is 2.41. The van der Waals surface area contributed by atoms with Crippen molar-refractivity contribution in [3.05, 3.63) is 30.0 Å². The Hall–Kier alpha value is -1.65. The molecule has 80 valence electrons. The van der Waals surface area contributed by atoms with Crippen molar-refractivity contribution in [2.75, 3.05) is 5.73 Å². The first-order valence-electron chi connectivity index (χ1n) is 4.32. The molecule has 5 heteroatoms. The molecule has 15 heavy (non-hydrogen) atoms. The molecule has 0 aliphatic rings. The van der Waals surface area contributed by atoms with Crippen LogP contribution in [0.4, 0.5) is 18.9 Å². The smallest absolute Gasteiger partial charge is 0.398 e. The molecule has 2 aromatic rings. The molecule has 0 unspecified atom stereocenters. The molecule has 0 aliphatic heterocycles. The summed E-state index contributed by atoms with van der Waals surface area (Å²) in [6.45, 7) is 0. The molecule has 0 atom stereocenters. The fourth-order valence-corrected chi connectivity index (χ4v) is 1.66. The van der Waals surface area contributed by atoms with Crippen molar-refractivity contribution >= 4 is 16.6 Å². The molecule has 0 saturated carbocycles. The van der Waals surface area contributed by atoms with Crippen LogP contribution in [0, 0.1) is 0 Å². The van der Waals surface area contributed by atoms with E-state index in [0.29, 0.717) is 16.6 Å². The summed E-state index contributed by atoms with van der Waals surface area (Å²) in [5, 5.41) is 0.437. The van der Waals surface area contributed by atoms with E-state index in [0.717, 1.165) is 10.6 Å². The van der Waals surface area contributed by atoms with Crippen LogP contribution in [0.3, 0.4) is 0 Å². The quantitative estimate of drug-likeness (QED) is 0.671. The Kier molecular flexibility index (Phi) is 1.92. The second-order valence-electron chi connectivity index (χ2n) is 3.37. The van der Waals surface area contributed by atoms with E-state index in [1.807, 2.05) is 0 Å². The van der Waals surface area contributed by atoms with Gasteiger partial charge in [0.15, 0.2) is 0 Å². The maximum Gasteiger partial charge on any atom is 0.431 e. The number of alkyl halides is 3. The number of nitrogens with zero attached hydrogens (tertiary/aromatic N) is 1. The molecule has 0 amide bonds. The largest absolute Gasteiger partial charge is 0.431 e. The van der Waals surface area contributed by atoms with Crippen molar-refractivity contribution in [3.63, 3.8) is 0 Å². The van der Waals surface area contributed by atoms with E-state index in [1.165, 1.54) is 7.05 Å². The third-order valence-corrected chi connectivity index (χ3v) is 2.41. The van der Waals surface area contributed by atoms with E-state index in [4.69, 9.17) is 5.73 Å². The van der Waals surface area contributed by atoms with Gasteiger partial charge in [0.2, 0.25) is 0 Å².